The Kier molecular flexibility index (Phi) is 5.35. The van der Waals surface area contributed by atoms with E-state index < -0.39 is 0 Å². The predicted octanol–water partition coefficient (Wildman–Crippen LogP) is 4.35. The van der Waals surface area contributed by atoms with Gasteiger partial charge in [0.2, 0.25) is 0 Å². The van der Waals surface area contributed by atoms with E-state index in [1.54, 1.807) is 0 Å². The van der Waals surface area contributed by atoms with E-state index in [2.05, 4.69) is 50.4 Å². The highest BCUT2D eigenvalue weighted by Gasteiger charge is 2.33. The summed E-state index contributed by atoms with van der Waals surface area (Å²) in [4.78, 5) is 0. The van der Waals surface area contributed by atoms with Crippen molar-refractivity contribution in [2.45, 2.75) is 69.5 Å². The third kappa shape index (κ3) is 5.37. The molecule has 2 nitrogen and oxygen atoms in total. The molecule has 1 fully saturated rings. The summed E-state index contributed by atoms with van der Waals surface area (Å²) >= 11 is 1.95. The van der Waals surface area contributed by atoms with Crippen LogP contribution in [0.15, 0.2) is 18.2 Å². The van der Waals surface area contributed by atoms with Gasteiger partial charge in [-0.1, -0.05) is 36.2 Å². The van der Waals surface area contributed by atoms with Crippen molar-refractivity contribution >= 4 is 11.8 Å². The summed E-state index contributed by atoms with van der Waals surface area (Å²) in [5.74, 6) is 1.02. The topological polar surface area (TPSA) is 35.8 Å². The predicted molar refractivity (Wildman–Crippen MR) is 91.5 cm³/mol. The van der Waals surface area contributed by atoms with Crippen LogP contribution in [-0.4, -0.2) is 16.8 Å². The Labute approximate surface area is 133 Å². The largest absolute Gasteiger partial charge is 0.297 e. The van der Waals surface area contributed by atoms with Crippen molar-refractivity contribution in [1.29, 1.82) is 5.26 Å². The third-order valence-electron chi connectivity index (χ3n) is 3.86. The molecule has 0 heterocycles. The number of aryl methyl sites for hydroxylation is 2. The molecule has 2 atom stereocenters. The molecule has 3 heteroatoms. The van der Waals surface area contributed by atoms with Crippen molar-refractivity contribution < 1.29 is 0 Å². The number of rotatable bonds is 7. The van der Waals surface area contributed by atoms with Gasteiger partial charge in [0.05, 0.1) is 6.07 Å². The van der Waals surface area contributed by atoms with Crippen LogP contribution < -0.4 is 5.32 Å². The van der Waals surface area contributed by atoms with Gasteiger partial charge in [0, 0.05) is 17.0 Å². The molecule has 0 radical (unpaired) electrons. The van der Waals surface area contributed by atoms with Gasteiger partial charge in [-0.3, -0.25) is 5.32 Å². The SMILES string of the molecule is Cc1cc(C)cc(CSC(C)CC(C)(C#N)NC2CC2)c1. The molecule has 0 aromatic heterocycles. The summed E-state index contributed by atoms with van der Waals surface area (Å²) < 4.78 is 0. The van der Waals surface area contributed by atoms with Crippen LogP contribution in [0.3, 0.4) is 0 Å². The quantitative estimate of drug-likeness (QED) is 0.813. The van der Waals surface area contributed by atoms with Crippen LogP contribution >= 0.6 is 11.8 Å². The number of benzene rings is 1. The highest BCUT2D eigenvalue weighted by atomic mass is 32.2. The van der Waals surface area contributed by atoms with E-state index in [4.69, 9.17) is 0 Å². The summed E-state index contributed by atoms with van der Waals surface area (Å²) in [6.07, 6.45) is 3.35. The zero-order chi connectivity index (χ0) is 15.5. The van der Waals surface area contributed by atoms with Crippen molar-refractivity contribution in [3.8, 4) is 6.07 Å². The van der Waals surface area contributed by atoms with Gasteiger partial charge in [0.1, 0.15) is 5.54 Å². The minimum atomic E-state index is -0.379. The Morgan fingerprint density at radius 2 is 1.95 bits per heavy atom. The highest BCUT2D eigenvalue weighted by Crippen LogP contribution is 2.29. The molecule has 1 aliphatic carbocycles. The molecule has 1 saturated carbocycles. The van der Waals surface area contributed by atoms with E-state index in [-0.39, 0.29) is 5.54 Å². The molecule has 2 unspecified atom stereocenters. The van der Waals surface area contributed by atoms with Gasteiger partial charge in [-0.15, -0.1) is 0 Å². The maximum absolute atomic E-state index is 9.45. The fourth-order valence-electron chi connectivity index (χ4n) is 2.84. The van der Waals surface area contributed by atoms with Gasteiger partial charge in [0.15, 0.2) is 0 Å². The Morgan fingerprint density at radius 1 is 1.33 bits per heavy atom. The zero-order valence-electron chi connectivity index (χ0n) is 13.6. The molecule has 0 amide bonds. The second-order valence-corrected chi connectivity index (χ2v) is 8.11. The summed E-state index contributed by atoms with van der Waals surface area (Å²) in [6.45, 7) is 8.57. The first kappa shape index (κ1) is 16.4. The molecule has 0 bridgehead atoms. The van der Waals surface area contributed by atoms with Crippen LogP contribution in [0, 0.1) is 25.2 Å². The maximum atomic E-state index is 9.45. The average molecular weight is 302 g/mol. The Balaban J connectivity index is 1.86. The second kappa shape index (κ2) is 6.85. The Hall–Kier alpha value is -0.980. The van der Waals surface area contributed by atoms with E-state index >= 15 is 0 Å². The average Bonchev–Trinajstić information content (AvgIpc) is 3.19. The van der Waals surface area contributed by atoms with Gasteiger partial charge in [0.25, 0.3) is 0 Å². The highest BCUT2D eigenvalue weighted by molar-refractivity contribution is 7.99. The minimum Gasteiger partial charge on any atom is -0.297 e. The second-order valence-electron chi connectivity index (χ2n) is 6.68. The number of nitriles is 1. The fourth-order valence-corrected chi connectivity index (χ4v) is 3.93. The first-order valence-corrected chi connectivity index (χ1v) is 8.83. The Morgan fingerprint density at radius 3 is 2.48 bits per heavy atom. The molecule has 21 heavy (non-hydrogen) atoms. The molecule has 2 rings (SSSR count). The normalized spacial score (nSPS) is 18.8. The standard InChI is InChI=1S/C18H26N2S/c1-13-7-14(2)9-16(8-13)11-21-15(3)10-18(4,12-19)20-17-5-6-17/h7-9,15,17,20H,5-6,10-11H2,1-4H3. The van der Waals surface area contributed by atoms with Crippen LogP contribution in [0.2, 0.25) is 0 Å². The maximum Gasteiger partial charge on any atom is 0.105 e. The molecule has 1 aliphatic rings. The smallest absolute Gasteiger partial charge is 0.105 e. The van der Waals surface area contributed by atoms with Crippen molar-refractivity contribution in [2.24, 2.45) is 0 Å². The van der Waals surface area contributed by atoms with Crippen molar-refractivity contribution in [1.82, 2.24) is 5.32 Å². The number of hydrogen-bond acceptors (Lipinski definition) is 3. The van der Waals surface area contributed by atoms with Crippen LogP contribution in [0.4, 0.5) is 0 Å². The summed E-state index contributed by atoms with van der Waals surface area (Å²) in [7, 11) is 0. The fraction of sp³-hybridized carbons (Fsp3) is 0.611. The lowest BCUT2D eigenvalue weighted by molar-refractivity contribution is 0.414. The first-order valence-electron chi connectivity index (χ1n) is 7.78. The number of hydrogen-bond donors (Lipinski definition) is 1. The van der Waals surface area contributed by atoms with E-state index in [0.717, 1.165) is 12.2 Å². The lowest BCUT2D eigenvalue weighted by Crippen LogP contribution is -2.44. The van der Waals surface area contributed by atoms with Gasteiger partial charge < -0.3 is 0 Å². The minimum absolute atomic E-state index is 0.379. The monoisotopic (exact) mass is 302 g/mol. The lowest BCUT2D eigenvalue weighted by atomic mass is 9.98. The van der Waals surface area contributed by atoms with Gasteiger partial charge in [-0.25, -0.2) is 0 Å². The first-order chi connectivity index (χ1) is 9.90. The van der Waals surface area contributed by atoms with Gasteiger partial charge in [-0.2, -0.15) is 17.0 Å². The van der Waals surface area contributed by atoms with Crippen LogP contribution in [0.25, 0.3) is 0 Å². The molecule has 1 N–H and O–H groups in total. The number of nitrogens with zero attached hydrogens (tertiary/aromatic N) is 1. The molecule has 1 aromatic carbocycles. The lowest BCUT2D eigenvalue weighted by Gasteiger charge is -2.26. The van der Waals surface area contributed by atoms with Crippen LogP contribution in [-0.2, 0) is 5.75 Å². The summed E-state index contributed by atoms with van der Waals surface area (Å²) in [5, 5.41) is 13.4. The summed E-state index contributed by atoms with van der Waals surface area (Å²) in [5.41, 5.74) is 3.67. The third-order valence-corrected chi connectivity index (χ3v) is 5.09. The van der Waals surface area contributed by atoms with Gasteiger partial charge >= 0.3 is 0 Å². The molecule has 0 aliphatic heterocycles. The van der Waals surface area contributed by atoms with E-state index in [0.29, 0.717) is 11.3 Å². The van der Waals surface area contributed by atoms with Crippen LogP contribution in [0.1, 0.15) is 49.8 Å². The number of thioether (sulfide) groups is 1. The number of nitrogens with one attached hydrogen (secondary N) is 1. The van der Waals surface area contributed by atoms with Crippen molar-refractivity contribution in [3.05, 3.63) is 34.9 Å². The van der Waals surface area contributed by atoms with Crippen molar-refractivity contribution in [2.75, 3.05) is 0 Å². The molecular formula is C18H26N2S. The summed E-state index contributed by atoms with van der Waals surface area (Å²) in [6, 6.07) is 9.79. The Bertz CT molecular complexity index is 510. The van der Waals surface area contributed by atoms with E-state index in [1.807, 2.05) is 18.7 Å². The van der Waals surface area contributed by atoms with E-state index in [9.17, 15) is 5.26 Å². The zero-order valence-corrected chi connectivity index (χ0v) is 14.4. The van der Waals surface area contributed by atoms with Crippen LogP contribution in [0.5, 0.6) is 0 Å². The molecular weight excluding hydrogens is 276 g/mol. The molecule has 0 saturated heterocycles. The molecule has 1 aromatic rings. The van der Waals surface area contributed by atoms with Crippen molar-refractivity contribution in [3.63, 3.8) is 0 Å². The van der Waals surface area contributed by atoms with E-state index in [1.165, 1.54) is 29.5 Å². The van der Waals surface area contributed by atoms with Gasteiger partial charge in [-0.05, 0) is 45.6 Å². The molecule has 0 spiro atoms. The molecule has 114 valence electrons.